The number of nitrogens with one attached hydrogen (secondary N) is 2. The average Bonchev–Trinajstić information content (AvgIpc) is 3.17. The first-order valence-electron chi connectivity index (χ1n) is 23.8. The topological polar surface area (TPSA) is 76.7 Å². The number of alkyl carbamates (subject to hydrolysis) is 2. The molecule has 0 atom stereocenters. The molecular weight excluding hydrogens is 657 g/mol. The van der Waals surface area contributed by atoms with Crippen LogP contribution in [0.15, 0.2) is 0 Å². The Balaban J connectivity index is 3.86. The summed E-state index contributed by atoms with van der Waals surface area (Å²) in [6, 6.07) is 0. The molecule has 6 heteroatoms. The van der Waals surface area contributed by atoms with E-state index in [0.717, 1.165) is 51.4 Å². The third kappa shape index (κ3) is 37.2. The second-order valence-corrected chi connectivity index (χ2v) is 16.6. The zero-order chi connectivity index (χ0) is 38.8. The first-order valence-corrected chi connectivity index (χ1v) is 23.8. The summed E-state index contributed by atoms with van der Waals surface area (Å²) in [6.07, 6.45) is 45.9. The minimum Gasteiger partial charge on any atom is -0.449 e. The number of ether oxygens (including phenoxy) is 2. The highest BCUT2D eigenvalue weighted by Gasteiger charge is 2.31. The molecule has 0 rings (SSSR count). The van der Waals surface area contributed by atoms with Gasteiger partial charge in [0, 0.05) is 18.5 Å². The fraction of sp³-hybridized carbons (Fsp3) is 0.957. The van der Waals surface area contributed by atoms with Crippen molar-refractivity contribution >= 4 is 12.2 Å². The number of hydrogen-bond donors (Lipinski definition) is 2. The van der Waals surface area contributed by atoms with E-state index in [2.05, 4.69) is 38.3 Å². The zero-order valence-corrected chi connectivity index (χ0v) is 36.4. The Hall–Kier alpha value is -1.46. The molecule has 0 unspecified atom stereocenters. The van der Waals surface area contributed by atoms with Crippen LogP contribution in [-0.4, -0.2) is 38.5 Å². The minimum atomic E-state index is -0.353. The summed E-state index contributed by atoms with van der Waals surface area (Å²) in [5.41, 5.74) is -0.340. The minimum absolute atomic E-state index is 0.278. The smallest absolute Gasteiger partial charge is 0.407 e. The lowest BCUT2D eigenvalue weighted by atomic mass is 9.82. The molecule has 0 heterocycles. The number of carbonyl (C=O) groups excluding carboxylic acids is 2. The maximum Gasteiger partial charge on any atom is 0.407 e. The monoisotopic (exact) mass is 751 g/mol. The van der Waals surface area contributed by atoms with Crippen molar-refractivity contribution < 1.29 is 19.1 Å². The zero-order valence-electron chi connectivity index (χ0n) is 36.4. The molecule has 316 valence electrons. The van der Waals surface area contributed by atoms with Crippen LogP contribution in [0.2, 0.25) is 0 Å². The molecule has 0 aromatic carbocycles. The highest BCUT2D eigenvalue weighted by molar-refractivity contribution is 5.67. The molecule has 0 fully saturated rings. The lowest BCUT2D eigenvalue weighted by Crippen LogP contribution is -2.38. The Morgan fingerprint density at radius 2 is 0.604 bits per heavy atom. The fourth-order valence-corrected chi connectivity index (χ4v) is 7.39. The average molecular weight is 751 g/mol. The Morgan fingerprint density at radius 3 is 0.849 bits per heavy atom. The number of hydrogen-bond acceptors (Lipinski definition) is 4. The van der Waals surface area contributed by atoms with Gasteiger partial charge in [-0.3, -0.25) is 0 Å². The van der Waals surface area contributed by atoms with Gasteiger partial charge in [0.15, 0.2) is 0 Å². The molecule has 6 nitrogen and oxygen atoms in total. The number of rotatable bonds is 42. The van der Waals surface area contributed by atoms with Gasteiger partial charge < -0.3 is 20.1 Å². The van der Waals surface area contributed by atoms with E-state index in [-0.39, 0.29) is 30.8 Å². The van der Waals surface area contributed by atoms with Crippen molar-refractivity contribution in [1.82, 2.24) is 10.6 Å². The number of unbranched alkanes of at least 4 members (excludes halogenated alkanes) is 31. The molecule has 53 heavy (non-hydrogen) atoms. The first kappa shape index (κ1) is 51.5. The summed E-state index contributed by atoms with van der Waals surface area (Å²) in [6.45, 7) is 10.7. The van der Waals surface area contributed by atoms with Gasteiger partial charge in [0.25, 0.3) is 0 Å². The summed E-state index contributed by atoms with van der Waals surface area (Å²) in [4.78, 5) is 25.0. The summed E-state index contributed by atoms with van der Waals surface area (Å²) in [5, 5.41) is 5.89. The Morgan fingerprint density at radius 1 is 0.358 bits per heavy atom. The third-order valence-electron chi connectivity index (χ3n) is 11.4. The van der Waals surface area contributed by atoms with Gasteiger partial charge in [-0.25, -0.2) is 9.59 Å². The van der Waals surface area contributed by atoms with Crippen LogP contribution in [0, 0.1) is 5.41 Å². The molecule has 0 aromatic heterocycles. The van der Waals surface area contributed by atoms with Gasteiger partial charge in [-0.1, -0.05) is 233 Å². The van der Waals surface area contributed by atoms with Gasteiger partial charge in [0.2, 0.25) is 0 Å². The molecule has 0 aliphatic carbocycles. The van der Waals surface area contributed by atoms with Gasteiger partial charge in [-0.05, 0) is 25.7 Å². The standard InChI is InChI=1S/C47H94N2O4/c1-5-9-12-14-16-18-20-22-24-26-28-30-32-34-36-38-41-48-45(50)52-43-47(8-4,40-11-7-3)44-53-46(51)49-42-39-37-35-33-31-29-27-25-23-21-19-17-15-13-10-6-2/h5-44H2,1-4H3,(H,48,50)(H,49,51). The van der Waals surface area contributed by atoms with E-state index in [1.165, 1.54) is 180 Å². The third-order valence-corrected chi connectivity index (χ3v) is 11.4. The molecule has 0 spiro atoms. The highest BCUT2D eigenvalue weighted by atomic mass is 16.6. The van der Waals surface area contributed by atoms with Crippen LogP contribution in [0.4, 0.5) is 9.59 Å². The van der Waals surface area contributed by atoms with Gasteiger partial charge in [0.05, 0.1) is 0 Å². The summed E-state index contributed by atoms with van der Waals surface area (Å²) in [5.74, 6) is 0. The summed E-state index contributed by atoms with van der Waals surface area (Å²) in [7, 11) is 0. The quantitative estimate of drug-likeness (QED) is 0.0609. The van der Waals surface area contributed by atoms with Gasteiger partial charge >= 0.3 is 12.2 Å². The van der Waals surface area contributed by atoms with Crippen molar-refractivity contribution in [2.45, 2.75) is 259 Å². The first-order chi connectivity index (χ1) is 26.0. The van der Waals surface area contributed by atoms with E-state index in [1.54, 1.807) is 0 Å². The lowest BCUT2D eigenvalue weighted by molar-refractivity contribution is 0.0168. The summed E-state index contributed by atoms with van der Waals surface area (Å²) < 4.78 is 11.4. The van der Waals surface area contributed by atoms with Crippen LogP contribution in [0.3, 0.4) is 0 Å². The van der Waals surface area contributed by atoms with Gasteiger partial charge in [-0.2, -0.15) is 0 Å². The molecular formula is C47H94N2O4. The van der Waals surface area contributed by atoms with Crippen LogP contribution in [0.1, 0.15) is 259 Å². The van der Waals surface area contributed by atoms with Crippen molar-refractivity contribution in [2.75, 3.05) is 26.3 Å². The molecule has 0 saturated heterocycles. The van der Waals surface area contributed by atoms with E-state index in [4.69, 9.17) is 9.47 Å². The molecule has 2 amide bonds. The molecule has 0 aromatic rings. The lowest BCUT2D eigenvalue weighted by Gasteiger charge is -2.31. The highest BCUT2D eigenvalue weighted by Crippen LogP contribution is 2.30. The maximum absolute atomic E-state index is 12.5. The second-order valence-electron chi connectivity index (χ2n) is 16.6. The van der Waals surface area contributed by atoms with E-state index in [0.29, 0.717) is 13.1 Å². The van der Waals surface area contributed by atoms with Crippen LogP contribution in [0.25, 0.3) is 0 Å². The van der Waals surface area contributed by atoms with Crippen LogP contribution >= 0.6 is 0 Å². The second kappa shape index (κ2) is 41.7. The van der Waals surface area contributed by atoms with Crippen molar-refractivity contribution in [3.05, 3.63) is 0 Å². The van der Waals surface area contributed by atoms with Crippen molar-refractivity contribution in [3.8, 4) is 0 Å². The number of amides is 2. The normalized spacial score (nSPS) is 11.5. The van der Waals surface area contributed by atoms with E-state index in [1.807, 2.05) is 0 Å². The number of carbonyl (C=O) groups is 2. The van der Waals surface area contributed by atoms with Crippen LogP contribution in [0.5, 0.6) is 0 Å². The van der Waals surface area contributed by atoms with Crippen molar-refractivity contribution in [2.24, 2.45) is 5.41 Å². The van der Waals surface area contributed by atoms with Gasteiger partial charge in [0.1, 0.15) is 13.2 Å². The molecule has 0 bridgehead atoms. The largest absolute Gasteiger partial charge is 0.449 e. The molecule has 0 aliphatic rings. The predicted octanol–water partition coefficient (Wildman–Crippen LogP) is 15.5. The van der Waals surface area contributed by atoms with Gasteiger partial charge in [-0.15, -0.1) is 0 Å². The Labute approximate surface area is 331 Å². The molecule has 0 saturated carbocycles. The van der Waals surface area contributed by atoms with Crippen LogP contribution in [-0.2, 0) is 9.47 Å². The maximum atomic E-state index is 12.5. The van der Waals surface area contributed by atoms with E-state index in [9.17, 15) is 9.59 Å². The van der Waals surface area contributed by atoms with Crippen LogP contribution < -0.4 is 10.6 Å². The SMILES string of the molecule is CCCCCCCCCCCCCCCCCCNC(=O)OCC(CC)(CCCC)COC(=O)NCCCCCCCCCCCCCCCCCC. The molecule has 0 aliphatic heterocycles. The molecule has 0 radical (unpaired) electrons. The Bertz CT molecular complexity index is 707. The fourth-order valence-electron chi connectivity index (χ4n) is 7.39. The summed E-state index contributed by atoms with van der Waals surface area (Å²) >= 11 is 0. The van der Waals surface area contributed by atoms with Crippen molar-refractivity contribution in [3.63, 3.8) is 0 Å². The Kier molecular flexibility index (Phi) is 40.5. The van der Waals surface area contributed by atoms with E-state index >= 15 is 0 Å². The molecule has 2 N–H and O–H groups in total. The van der Waals surface area contributed by atoms with Crippen molar-refractivity contribution in [1.29, 1.82) is 0 Å². The predicted molar refractivity (Wildman–Crippen MR) is 230 cm³/mol. The van der Waals surface area contributed by atoms with E-state index < -0.39 is 0 Å².